The van der Waals surface area contributed by atoms with Crippen molar-refractivity contribution in [2.75, 3.05) is 18.4 Å². The molecule has 1 aliphatic rings. The third-order valence-electron chi connectivity index (χ3n) is 5.41. The fourth-order valence-electron chi connectivity index (χ4n) is 3.60. The molecule has 0 aromatic heterocycles. The Hall–Kier alpha value is -1.71. The lowest BCUT2D eigenvalue weighted by molar-refractivity contribution is 0.102. The van der Waals surface area contributed by atoms with Crippen LogP contribution in [0.1, 0.15) is 35.7 Å². The van der Waals surface area contributed by atoms with E-state index in [2.05, 4.69) is 15.4 Å². The van der Waals surface area contributed by atoms with Gasteiger partial charge in [-0.15, -0.1) is 12.4 Å². The van der Waals surface area contributed by atoms with E-state index in [1.807, 2.05) is 0 Å². The van der Waals surface area contributed by atoms with Crippen LogP contribution in [0.25, 0.3) is 0 Å². The number of piperidine rings is 1. The molecule has 2 aromatic carbocycles. The molecule has 3 rings (SSSR count). The minimum atomic E-state index is -4.11. The Balaban J connectivity index is 0.00000341. The zero-order valence-corrected chi connectivity index (χ0v) is 19.6. The van der Waals surface area contributed by atoms with Gasteiger partial charge in [0.1, 0.15) is 9.92 Å². The normalized spacial score (nSPS) is 15.7. The van der Waals surface area contributed by atoms with Crippen molar-refractivity contribution >= 4 is 45.6 Å². The van der Waals surface area contributed by atoms with E-state index in [9.17, 15) is 17.6 Å². The van der Waals surface area contributed by atoms with Crippen molar-refractivity contribution < 1.29 is 17.6 Å². The number of rotatable bonds is 6. The van der Waals surface area contributed by atoms with Gasteiger partial charge in [0.05, 0.1) is 5.69 Å². The van der Waals surface area contributed by atoms with Crippen molar-refractivity contribution in [3.63, 3.8) is 0 Å². The topological polar surface area (TPSA) is 87.3 Å². The quantitative estimate of drug-likeness (QED) is 0.569. The van der Waals surface area contributed by atoms with Crippen LogP contribution in [-0.2, 0) is 10.0 Å². The van der Waals surface area contributed by atoms with E-state index in [-0.39, 0.29) is 30.1 Å². The minimum absolute atomic E-state index is 0. The molecule has 1 fully saturated rings. The summed E-state index contributed by atoms with van der Waals surface area (Å²) in [4.78, 5) is 11.9. The van der Waals surface area contributed by atoms with Gasteiger partial charge >= 0.3 is 0 Å². The average Bonchev–Trinajstić information content (AvgIpc) is 2.72. The SMILES string of the molecule is Cc1ccccc1C(=O)Nc1ccc(S(=O)(=O)N[C@H](C)C2CCNCC2)c(F)c1Cl.Cl. The predicted octanol–water partition coefficient (Wildman–Crippen LogP) is 4.13. The van der Waals surface area contributed by atoms with Crippen LogP contribution in [-0.4, -0.2) is 33.5 Å². The summed E-state index contributed by atoms with van der Waals surface area (Å²) in [5.74, 6) is -1.38. The molecule has 0 radical (unpaired) electrons. The van der Waals surface area contributed by atoms with Crippen LogP contribution in [0.2, 0.25) is 5.02 Å². The molecule has 6 nitrogen and oxygen atoms in total. The predicted molar refractivity (Wildman–Crippen MR) is 123 cm³/mol. The van der Waals surface area contributed by atoms with E-state index >= 15 is 0 Å². The van der Waals surface area contributed by atoms with Gasteiger partial charge in [-0.3, -0.25) is 4.79 Å². The molecule has 0 bridgehead atoms. The summed E-state index contributed by atoms with van der Waals surface area (Å²) in [6, 6.07) is 9.01. The van der Waals surface area contributed by atoms with Crippen LogP contribution < -0.4 is 15.4 Å². The Morgan fingerprint density at radius 3 is 2.48 bits per heavy atom. The first-order chi connectivity index (χ1) is 14.2. The van der Waals surface area contributed by atoms with E-state index in [0.29, 0.717) is 5.56 Å². The zero-order valence-electron chi connectivity index (χ0n) is 17.2. The fraction of sp³-hybridized carbons (Fsp3) is 0.381. The van der Waals surface area contributed by atoms with Crippen molar-refractivity contribution in [1.29, 1.82) is 0 Å². The van der Waals surface area contributed by atoms with E-state index in [4.69, 9.17) is 11.6 Å². The first-order valence-corrected chi connectivity index (χ1v) is 11.6. The van der Waals surface area contributed by atoms with Crippen LogP contribution in [0.4, 0.5) is 10.1 Å². The molecule has 0 spiro atoms. The van der Waals surface area contributed by atoms with Gasteiger partial charge in [-0.2, -0.15) is 0 Å². The van der Waals surface area contributed by atoms with Gasteiger partial charge in [-0.1, -0.05) is 29.8 Å². The number of hydrogen-bond acceptors (Lipinski definition) is 4. The molecular weight excluding hydrogens is 464 g/mol. The van der Waals surface area contributed by atoms with Crippen molar-refractivity contribution in [3.05, 3.63) is 58.4 Å². The Labute approximate surface area is 193 Å². The Kier molecular flexibility index (Phi) is 8.85. The van der Waals surface area contributed by atoms with Crippen LogP contribution in [0.3, 0.4) is 0 Å². The number of nitrogens with one attached hydrogen (secondary N) is 3. The molecule has 1 heterocycles. The lowest BCUT2D eigenvalue weighted by Gasteiger charge is -2.28. The number of hydrogen-bond donors (Lipinski definition) is 3. The van der Waals surface area contributed by atoms with E-state index in [1.165, 1.54) is 6.07 Å². The number of sulfonamides is 1. The number of anilines is 1. The van der Waals surface area contributed by atoms with Crippen molar-refractivity contribution in [2.24, 2.45) is 5.92 Å². The van der Waals surface area contributed by atoms with Gasteiger partial charge in [-0.05, 0) is 69.5 Å². The van der Waals surface area contributed by atoms with E-state index in [1.54, 1.807) is 38.1 Å². The maximum Gasteiger partial charge on any atom is 0.255 e. The van der Waals surface area contributed by atoms with Crippen LogP contribution in [0.15, 0.2) is 41.3 Å². The van der Waals surface area contributed by atoms with Crippen molar-refractivity contribution in [3.8, 4) is 0 Å². The van der Waals surface area contributed by atoms with Crippen LogP contribution in [0, 0.1) is 18.7 Å². The zero-order chi connectivity index (χ0) is 21.9. The molecule has 0 saturated carbocycles. The van der Waals surface area contributed by atoms with Gasteiger partial charge in [0.25, 0.3) is 5.91 Å². The Morgan fingerprint density at radius 1 is 1.19 bits per heavy atom. The average molecular weight is 490 g/mol. The molecule has 170 valence electrons. The van der Waals surface area contributed by atoms with Gasteiger partial charge in [0, 0.05) is 11.6 Å². The second kappa shape index (κ2) is 10.7. The molecule has 0 aliphatic carbocycles. The molecular formula is C21H26Cl2FN3O3S. The van der Waals surface area contributed by atoms with Crippen LogP contribution in [0.5, 0.6) is 0 Å². The second-order valence-corrected chi connectivity index (χ2v) is 9.57. The van der Waals surface area contributed by atoms with Crippen LogP contribution >= 0.6 is 24.0 Å². The molecule has 1 atom stereocenters. The first kappa shape index (κ1) is 25.5. The number of benzene rings is 2. The first-order valence-electron chi connectivity index (χ1n) is 9.78. The van der Waals surface area contributed by atoms with Gasteiger partial charge in [-0.25, -0.2) is 17.5 Å². The lowest BCUT2D eigenvalue weighted by Crippen LogP contribution is -2.42. The summed E-state index contributed by atoms with van der Waals surface area (Å²) in [6.07, 6.45) is 1.69. The molecule has 0 unspecified atom stereocenters. The molecule has 10 heteroatoms. The largest absolute Gasteiger partial charge is 0.321 e. The maximum atomic E-state index is 14.9. The summed E-state index contributed by atoms with van der Waals surface area (Å²) in [7, 11) is -4.11. The van der Waals surface area contributed by atoms with Gasteiger partial charge in [0.2, 0.25) is 10.0 Å². The highest BCUT2D eigenvalue weighted by Gasteiger charge is 2.28. The number of halogens is 3. The smallest absolute Gasteiger partial charge is 0.255 e. The van der Waals surface area contributed by atoms with Crippen molar-refractivity contribution in [1.82, 2.24) is 10.0 Å². The monoisotopic (exact) mass is 489 g/mol. The number of amides is 1. The molecule has 1 aliphatic heterocycles. The molecule has 1 amide bonds. The Morgan fingerprint density at radius 2 is 1.84 bits per heavy atom. The highest BCUT2D eigenvalue weighted by Crippen LogP contribution is 2.31. The van der Waals surface area contributed by atoms with Gasteiger partial charge in [0.15, 0.2) is 5.82 Å². The van der Waals surface area contributed by atoms with Crippen molar-refractivity contribution in [2.45, 2.75) is 37.6 Å². The Bertz CT molecular complexity index is 1040. The van der Waals surface area contributed by atoms with E-state index in [0.717, 1.165) is 37.6 Å². The highest BCUT2D eigenvalue weighted by atomic mass is 35.5. The standard InChI is InChI=1S/C21H25ClFN3O3S.ClH/c1-13-5-3-4-6-16(13)21(27)25-17-7-8-18(20(23)19(17)22)30(28,29)26-14(2)15-9-11-24-12-10-15;/h3-8,14-15,24,26H,9-12H2,1-2H3,(H,25,27);1H/t14-;/m1./s1. The molecule has 3 N–H and O–H groups in total. The molecule has 2 aromatic rings. The summed E-state index contributed by atoms with van der Waals surface area (Å²) in [5, 5.41) is 5.33. The third kappa shape index (κ3) is 5.96. The van der Waals surface area contributed by atoms with E-state index < -0.39 is 31.7 Å². The highest BCUT2D eigenvalue weighted by molar-refractivity contribution is 7.89. The fourth-order valence-corrected chi connectivity index (χ4v) is 5.26. The number of aryl methyl sites for hydroxylation is 1. The summed E-state index contributed by atoms with van der Waals surface area (Å²) >= 11 is 6.07. The number of carbonyl (C=O) groups excluding carboxylic acids is 1. The summed E-state index contributed by atoms with van der Waals surface area (Å²) < 4.78 is 42.9. The summed E-state index contributed by atoms with van der Waals surface area (Å²) in [5.41, 5.74) is 1.18. The third-order valence-corrected chi connectivity index (χ3v) is 7.35. The molecule has 1 saturated heterocycles. The number of carbonyl (C=O) groups is 1. The second-order valence-electron chi connectivity index (χ2n) is 7.51. The maximum absolute atomic E-state index is 14.9. The molecule has 31 heavy (non-hydrogen) atoms. The van der Waals surface area contributed by atoms with Gasteiger partial charge < -0.3 is 10.6 Å². The lowest BCUT2D eigenvalue weighted by atomic mass is 9.92. The summed E-state index contributed by atoms with van der Waals surface area (Å²) in [6.45, 7) is 5.21. The minimum Gasteiger partial charge on any atom is -0.321 e.